The zero-order valence-electron chi connectivity index (χ0n) is 33.2. The van der Waals surface area contributed by atoms with Gasteiger partial charge in [-0.05, 0) is 104 Å². The number of hydrogen-bond donors (Lipinski definition) is 5. The van der Waals surface area contributed by atoms with Crippen LogP contribution in [0.2, 0.25) is 0 Å². The lowest BCUT2D eigenvalue weighted by Crippen LogP contribution is -2.54. The minimum Gasteiger partial charge on any atom is -0.441 e. The first-order valence-corrected chi connectivity index (χ1v) is 18.4. The summed E-state index contributed by atoms with van der Waals surface area (Å²) >= 11 is 0. The van der Waals surface area contributed by atoms with Crippen molar-refractivity contribution in [3.05, 3.63) is 24.8 Å². The van der Waals surface area contributed by atoms with Crippen LogP contribution in [-0.4, -0.2) is 74.9 Å². The van der Waals surface area contributed by atoms with E-state index in [-0.39, 0.29) is 30.4 Å². The zero-order chi connectivity index (χ0) is 36.9. The lowest BCUT2D eigenvalue weighted by molar-refractivity contribution is 0.0362. The van der Waals surface area contributed by atoms with Crippen molar-refractivity contribution >= 4 is 6.09 Å². The van der Waals surface area contributed by atoms with Gasteiger partial charge in [-0.1, -0.05) is 87.0 Å². The topological polar surface area (TPSA) is 118 Å². The maximum Gasteiger partial charge on any atom is 0.408 e. The van der Waals surface area contributed by atoms with E-state index < -0.39 is 5.60 Å². The molecule has 0 spiro atoms. The van der Waals surface area contributed by atoms with Gasteiger partial charge in [-0.2, -0.15) is 0 Å². The minimum absolute atomic E-state index is 0.0295. The van der Waals surface area contributed by atoms with E-state index in [1.54, 1.807) is 7.11 Å². The molecule has 0 aromatic heterocycles. The largest absolute Gasteiger partial charge is 0.441 e. The van der Waals surface area contributed by atoms with Crippen LogP contribution in [0, 0.1) is 17.8 Å². The number of aliphatic hydroxyl groups is 1. The maximum atomic E-state index is 11.7. The molecule has 7 atom stereocenters. The number of methoxy groups -OCH3 is 1. The summed E-state index contributed by atoms with van der Waals surface area (Å²) in [7, 11) is 5.52. The molecule has 2 rings (SSSR count). The Bertz CT molecular complexity index is 713. The van der Waals surface area contributed by atoms with Crippen molar-refractivity contribution in [1.82, 2.24) is 16.0 Å². The summed E-state index contributed by atoms with van der Waals surface area (Å²) in [5.41, 5.74) is 6.48. The van der Waals surface area contributed by atoms with Crippen LogP contribution in [0.4, 0.5) is 4.79 Å². The van der Waals surface area contributed by atoms with Crippen LogP contribution in [0.3, 0.4) is 0 Å². The van der Waals surface area contributed by atoms with E-state index in [0.29, 0.717) is 23.8 Å². The van der Waals surface area contributed by atoms with Gasteiger partial charge >= 0.3 is 6.09 Å². The van der Waals surface area contributed by atoms with Crippen LogP contribution in [0.5, 0.6) is 0 Å². The second-order valence-electron chi connectivity index (χ2n) is 12.1. The molecule has 0 aromatic rings. The third-order valence-corrected chi connectivity index (χ3v) is 8.44. The molecular formula is C38H82N4O4. The van der Waals surface area contributed by atoms with Crippen molar-refractivity contribution < 1.29 is 19.4 Å². The van der Waals surface area contributed by atoms with E-state index in [4.69, 9.17) is 20.3 Å². The van der Waals surface area contributed by atoms with Crippen molar-refractivity contribution in [2.24, 2.45) is 23.5 Å². The molecule has 8 nitrogen and oxygen atoms in total. The van der Waals surface area contributed by atoms with E-state index in [1.165, 1.54) is 5.57 Å². The third-order valence-electron chi connectivity index (χ3n) is 8.44. The van der Waals surface area contributed by atoms with Crippen LogP contribution in [0.1, 0.15) is 134 Å². The highest BCUT2D eigenvalue weighted by Crippen LogP contribution is 2.30. The van der Waals surface area contributed by atoms with E-state index in [1.807, 2.05) is 68.6 Å². The summed E-state index contributed by atoms with van der Waals surface area (Å²) in [6, 6.07) is 0.407. The Balaban J connectivity index is -0.000000381. The molecule has 0 radical (unpaired) electrons. The summed E-state index contributed by atoms with van der Waals surface area (Å²) in [6.07, 6.45) is 9.55. The lowest BCUT2D eigenvalue weighted by Gasteiger charge is -2.33. The zero-order valence-corrected chi connectivity index (χ0v) is 33.2. The molecule has 2 aliphatic rings. The fourth-order valence-electron chi connectivity index (χ4n) is 5.64. The van der Waals surface area contributed by atoms with Gasteiger partial charge in [0.25, 0.3) is 0 Å². The number of hydrogen-bond acceptors (Lipinski definition) is 7. The smallest absolute Gasteiger partial charge is 0.408 e. The molecule has 1 aliphatic heterocycles. The number of nitrogens with one attached hydrogen (secondary N) is 3. The molecule has 5 unspecified atom stereocenters. The van der Waals surface area contributed by atoms with Crippen LogP contribution in [0.15, 0.2) is 24.8 Å². The van der Waals surface area contributed by atoms with Gasteiger partial charge in [0.05, 0.1) is 18.2 Å². The second kappa shape index (κ2) is 32.1. The molecule has 1 heterocycles. The third kappa shape index (κ3) is 22.2. The quantitative estimate of drug-likeness (QED) is 0.119. The van der Waals surface area contributed by atoms with Crippen molar-refractivity contribution in [2.75, 3.05) is 27.7 Å². The number of aliphatic hydroxyl groups excluding tert-OH is 1. The van der Waals surface area contributed by atoms with E-state index in [2.05, 4.69) is 63.7 Å². The van der Waals surface area contributed by atoms with Crippen molar-refractivity contribution in [1.29, 1.82) is 0 Å². The Kier molecular flexibility index (Phi) is 35.9. The Labute approximate surface area is 287 Å². The predicted molar refractivity (Wildman–Crippen MR) is 203 cm³/mol. The Morgan fingerprint density at radius 2 is 1.61 bits per heavy atom. The molecule has 1 saturated heterocycles. The van der Waals surface area contributed by atoms with Crippen LogP contribution in [0.25, 0.3) is 0 Å². The number of cyclic esters (lactones) is 1. The fraction of sp³-hybridized carbons (Fsp3) is 0.868. The summed E-state index contributed by atoms with van der Waals surface area (Å²) in [4.78, 5) is 11.7. The molecule has 0 bridgehead atoms. The molecule has 6 N–H and O–H groups in total. The molecule has 8 heteroatoms. The summed E-state index contributed by atoms with van der Waals surface area (Å²) in [5.74, 6) is 1.36. The number of allylic oxidation sites excluding steroid dienone is 2. The van der Waals surface area contributed by atoms with E-state index in [0.717, 1.165) is 57.9 Å². The first-order valence-electron chi connectivity index (χ1n) is 18.4. The molecule has 278 valence electrons. The van der Waals surface area contributed by atoms with Gasteiger partial charge in [0.2, 0.25) is 0 Å². The van der Waals surface area contributed by atoms with Crippen molar-refractivity contribution in [3.8, 4) is 0 Å². The Hall–Kier alpha value is -1.45. The highest BCUT2D eigenvalue weighted by molar-refractivity contribution is 5.71. The normalized spacial score (nSPS) is 24.5. The Morgan fingerprint density at radius 1 is 1.11 bits per heavy atom. The monoisotopic (exact) mass is 659 g/mol. The summed E-state index contributed by atoms with van der Waals surface area (Å²) in [5, 5.41) is 18.4. The van der Waals surface area contributed by atoms with Gasteiger partial charge in [-0.3, -0.25) is 0 Å². The molecule has 0 aromatic carbocycles. The standard InChI is InChI=1S/C22H40N2O3.C8H17NO.C2H7N.3C2H6/c1-9-12-22(7)20(24-21(25)27-22)18(6)23-13-11-19(26-8)14-16(4)17(5)15(3)10-2;1-6(9)7-2-4-8(10)5-3-7;1-3-2;3*1-2/h10,15-16,18-20,23H,2,5,9,11-14H2,1,3-4,6-8H3,(H,24,25);6-8,10H,2-5,9H2,1H3;3H,1-2H3;3*1-2H3/t15?,16-,18?,19?,20?,22-;;;;;/m1...../s1. The number of rotatable bonds is 14. The SMILES string of the molecule is C=CC(C)C(=C)[C@H](C)CC(CCNC(C)C1NC(=O)O[C@]1(C)CCC)OC.CC.CC.CC.CC(N)C1CCC(O)CC1.CNC. The lowest BCUT2D eigenvalue weighted by atomic mass is 9.84. The van der Waals surface area contributed by atoms with Gasteiger partial charge in [-0.25, -0.2) is 4.79 Å². The van der Waals surface area contributed by atoms with Crippen LogP contribution < -0.4 is 21.7 Å². The van der Waals surface area contributed by atoms with Crippen molar-refractivity contribution in [2.45, 2.75) is 170 Å². The Morgan fingerprint density at radius 3 is 2.02 bits per heavy atom. The predicted octanol–water partition coefficient (Wildman–Crippen LogP) is 8.24. The first-order chi connectivity index (χ1) is 21.8. The minimum atomic E-state index is -0.452. The summed E-state index contributed by atoms with van der Waals surface area (Å²) < 4.78 is 11.2. The molecule has 1 amide bonds. The number of nitrogens with two attached hydrogens (primary N) is 1. The summed E-state index contributed by atoms with van der Waals surface area (Å²) in [6.45, 7) is 33.5. The fourth-order valence-corrected chi connectivity index (χ4v) is 5.64. The van der Waals surface area contributed by atoms with Gasteiger partial charge in [-0.15, -0.1) is 6.58 Å². The van der Waals surface area contributed by atoms with Gasteiger partial charge in [0.1, 0.15) is 5.60 Å². The number of amides is 1. The van der Waals surface area contributed by atoms with Crippen LogP contribution in [-0.2, 0) is 9.47 Å². The molecule has 1 saturated carbocycles. The average Bonchev–Trinajstić information content (AvgIpc) is 3.36. The van der Waals surface area contributed by atoms with Gasteiger partial charge in [0, 0.05) is 19.2 Å². The van der Waals surface area contributed by atoms with E-state index in [9.17, 15) is 4.79 Å². The molecular weight excluding hydrogens is 576 g/mol. The van der Waals surface area contributed by atoms with Gasteiger partial charge in [0.15, 0.2) is 0 Å². The number of alkyl carbamates (subject to hydrolysis) is 1. The molecule has 2 fully saturated rings. The average molecular weight is 659 g/mol. The number of carbonyl (C=O) groups excluding carboxylic acids is 1. The highest BCUT2D eigenvalue weighted by atomic mass is 16.6. The van der Waals surface area contributed by atoms with Gasteiger partial charge < -0.3 is 36.3 Å². The molecule has 1 aliphatic carbocycles. The van der Waals surface area contributed by atoms with Crippen LogP contribution >= 0.6 is 0 Å². The van der Waals surface area contributed by atoms with Crippen molar-refractivity contribution in [3.63, 3.8) is 0 Å². The highest BCUT2D eigenvalue weighted by Gasteiger charge is 2.46. The second-order valence-corrected chi connectivity index (χ2v) is 12.1. The maximum absolute atomic E-state index is 11.7. The number of carbonyl (C=O) groups is 1. The number of ether oxygens (including phenoxy) is 2. The molecule has 46 heavy (non-hydrogen) atoms. The first kappa shape index (κ1) is 51.4. The van der Waals surface area contributed by atoms with E-state index >= 15 is 0 Å².